The van der Waals surface area contributed by atoms with Gasteiger partial charge in [-0.1, -0.05) is 0 Å². The second kappa shape index (κ2) is 8.53. The zero-order valence-electron chi connectivity index (χ0n) is 20.5. The van der Waals surface area contributed by atoms with E-state index in [4.69, 9.17) is 19.4 Å². The summed E-state index contributed by atoms with van der Waals surface area (Å²) in [5.74, 6) is 2.29. The number of rotatable bonds is 6. The van der Waals surface area contributed by atoms with Crippen LogP contribution in [0.2, 0.25) is 0 Å². The standard InChI is InChI=1S/C27H27N7O3/c1-17-30-20-3-2-19(12-22(20)31-17)37-24-5-4-21-25(26(24)33-8-10-36-11-9-33)32-23(14-28-21)18-13-29-34(15-18)16-27(35)6-7-27/h2-5,12-15,35H,6-11,16H2,1H3,(H,30,31). The largest absolute Gasteiger partial charge is 0.455 e. The van der Waals surface area contributed by atoms with E-state index in [9.17, 15) is 5.11 Å². The summed E-state index contributed by atoms with van der Waals surface area (Å²) in [4.78, 5) is 19.8. The molecule has 1 aliphatic carbocycles. The topological polar surface area (TPSA) is 114 Å². The van der Waals surface area contributed by atoms with Crippen LogP contribution < -0.4 is 9.64 Å². The lowest BCUT2D eigenvalue weighted by atomic mass is 10.1. The second-order valence-corrected chi connectivity index (χ2v) is 9.89. The number of fused-ring (bicyclic) bond motifs is 2. The summed E-state index contributed by atoms with van der Waals surface area (Å²) < 4.78 is 13.9. The molecule has 1 saturated carbocycles. The summed E-state index contributed by atoms with van der Waals surface area (Å²) >= 11 is 0. The Bertz CT molecular complexity index is 1620. The van der Waals surface area contributed by atoms with Crippen LogP contribution in [0.1, 0.15) is 18.7 Å². The van der Waals surface area contributed by atoms with Gasteiger partial charge in [0.15, 0.2) is 5.75 Å². The van der Waals surface area contributed by atoms with Crippen molar-refractivity contribution in [2.75, 3.05) is 31.2 Å². The van der Waals surface area contributed by atoms with Crippen molar-refractivity contribution >= 4 is 27.8 Å². The number of aliphatic hydroxyl groups is 1. The summed E-state index contributed by atoms with van der Waals surface area (Å²) in [5, 5.41) is 14.7. The average Bonchev–Trinajstić information content (AvgIpc) is 3.27. The van der Waals surface area contributed by atoms with Crippen LogP contribution in [0.4, 0.5) is 5.69 Å². The predicted molar refractivity (Wildman–Crippen MR) is 139 cm³/mol. The maximum Gasteiger partial charge on any atom is 0.153 e. The van der Waals surface area contributed by atoms with Crippen LogP contribution in [-0.2, 0) is 11.3 Å². The minimum atomic E-state index is -0.619. The Morgan fingerprint density at radius 1 is 1.08 bits per heavy atom. The second-order valence-electron chi connectivity index (χ2n) is 9.89. The van der Waals surface area contributed by atoms with Gasteiger partial charge in [-0.25, -0.2) is 9.97 Å². The summed E-state index contributed by atoms with van der Waals surface area (Å²) in [5.41, 5.74) is 5.25. The first kappa shape index (κ1) is 22.2. The Kier molecular flexibility index (Phi) is 5.12. The normalized spacial score (nSPS) is 17.0. The Morgan fingerprint density at radius 2 is 1.92 bits per heavy atom. The molecule has 1 aliphatic heterocycles. The Hall–Kier alpha value is -4.02. The first-order valence-electron chi connectivity index (χ1n) is 12.5. The molecule has 188 valence electrons. The van der Waals surface area contributed by atoms with Crippen LogP contribution in [0.5, 0.6) is 11.5 Å². The van der Waals surface area contributed by atoms with Gasteiger partial charge in [-0.15, -0.1) is 0 Å². The highest BCUT2D eigenvalue weighted by Crippen LogP contribution is 2.39. The lowest BCUT2D eigenvalue weighted by Gasteiger charge is -2.30. The summed E-state index contributed by atoms with van der Waals surface area (Å²) in [6.45, 7) is 5.17. The van der Waals surface area contributed by atoms with Gasteiger partial charge >= 0.3 is 0 Å². The van der Waals surface area contributed by atoms with E-state index in [1.165, 1.54) is 0 Å². The number of imidazole rings is 1. The van der Waals surface area contributed by atoms with E-state index in [2.05, 4.69) is 20.0 Å². The fourth-order valence-electron chi connectivity index (χ4n) is 4.85. The number of aromatic nitrogens is 6. The molecular weight excluding hydrogens is 470 g/mol. The van der Waals surface area contributed by atoms with Crippen molar-refractivity contribution in [2.24, 2.45) is 0 Å². The number of H-pyrrole nitrogens is 1. The van der Waals surface area contributed by atoms with Gasteiger partial charge in [-0.3, -0.25) is 9.67 Å². The summed E-state index contributed by atoms with van der Waals surface area (Å²) in [7, 11) is 0. The van der Waals surface area contributed by atoms with Gasteiger partial charge in [0.2, 0.25) is 0 Å². The molecule has 0 unspecified atom stereocenters. The third kappa shape index (κ3) is 4.28. The molecule has 3 aromatic heterocycles. The van der Waals surface area contributed by atoms with Crippen LogP contribution in [-0.4, -0.2) is 66.7 Å². The average molecular weight is 498 g/mol. The molecule has 0 amide bonds. The van der Waals surface area contributed by atoms with Crippen molar-refractivity contribution in [3.63, 3.8) is 0 Å². The van der Waals surface area contributed by atoms with Crippen LogP contribution in [0, 0.1) is 6.92 Å². The van der Waals surface area contributed by atoms with Crippen molar-refractivity contribution in [1.29, 1.82) is 0 Å². The molecule has 10 heteroatoms. The third-order valence-corrected chi connectivity index (χ3v) is 6.99. The highest BCUT2D eigenvalue weighted by molar-refractivity contribution is 5.93. The fourth-order valence-corrected chi connectivity index (χ4v) is 4.85. The summed E-state index contributed by atoms with van der Waals surface area (Å²) in [6.07, 6.45) is 7.10. The first-order valence-corrected chi connectivity index (χ1v) is 12.5. The van der Waals surface area contributed by atoms with E-state index >= 15 is 0 Å². The van der Waals surface area contributed by atoms with E-state index < -0.39 is 5.60 Å². The number of aryl methyl sites for hydroxylation is 1. The Morgan fingerprint density at radius 3 is 2.76 bits per heavy atom. The molecule has 10 nitrogen and oxygen atoms in total. The molecule has 2 aliphatic rings. The highest BCUT2D eigenvalue weighted by Gasteiger charge is 2.40. The van der Waals surface area contributed by atoms with E-state index in [1.54, 1.807) is 17.1 Å². The van der Waals surface area contributed by atoms with Crippen LogP contribution in [0.3, 0.4) is 0 Å². The lowest BCUT2D eigenvalue weighted by Crippen LogP contribution is -2.36. The van der Waals surface area contributed by atoms with E-state index in [1.807, 2.05) is 43.5 Å². The molecule has 2 N–H and O–H groups in total. The zero-order chi connectivity index (χ0) is 25.0. The van der Waals surface area contributed by atoms with Crippen molar-refractivity contribution in [1.82, 2.24) is 29.7 Å². The van der Waals surface area contributed by atoms with Gasteiger partial charge in [0.25, 0.3) is 0 Å². The number of hydrogen-bond acceptors (Lipinski definition) is 8. The van der Waals surface area contributed by atoms with Crippen molar-refractivity contribution in [2.45, 2.75) is 31.9 Å². The van der Waals surface area contributed by atoms with Crippen LogP contribution >= 0.6 is 0 Å². The van der Waals surface area contributed by atoms with Gasteiger partial charge in [0.05, 0.1) is 60.0 Å². The molecule has 2 fully saturated rings. The number of benzene rings is 2. The van der Waals surface area contributed by atoms with Crippen molar-refractivity contribution < 1.29 is 14.6 Å². The van der Waals surface area contributed by atoms with Crippen LogP contribution in [0.15, 0.2) is 48.9 Å². The highest BCUT2D eigenvalue weighted by atomic mass is 16.5. The quantitative estimate of drug-likeness (QED) is 0.364. The minimum Gasteiger partial charge on any atom is -0.455 e. The van der Waals surface area contributed by atoms with Gasteiger partial charge in [-0.2, -0.15) is 5.10 Å². The number of nitrogens with one attached hydrogen (secondary N) is 1. The predicted octanol–water partition coefficient (Wildman–Crippen LogP) is 3.83. The molecule has 0 atom stereocenters. The van der Waals surface area contributed by atoms with Crippen molar-refractivity contribution in [3.8, 4) is 22.8 Å². The van der Waals surface area contributed by atoms with Crippen molar-refractivity contribution in [3.05, 3.63) is 54.7 Å². The molecule has 0 spiro atoms. The van der Waals surface area contributed by atoms with Gasteiger partial charge in [-0.05, 0) is 44.0 Å². The Labute approximate surface area is 212 Å². The maximum atomic E-state index is 10.3. The van der Waals surface area contributed by atoms with E-state index in [0.717, 1.165) is 70.8 Å². The number of hydrogen-bond donors (Lipinski definition) is 2. The van der Waals surface area contributed by atoms with E-state index in [0.29, 0.717) is 31.3 Å². The van der Waals surface area contributed by atoms with E-state index in [-0.39, 0.29) is 0 Å². The Balaban J connectivity index is 1.30. The fraction of sp³-hybridized carbons (Fsp3) is 0.333. The third-order valence-electron chi connectivity index (χ3n) is 6.99. The number of nitrogens with zero attached hydrogens (tertiary/aromatic N) is 6. The molecule has 7 rings (SSSR count). The molecule has 37 heavy (non-hydrogen) atoms. The van der Waals surface area contributed by atoms with Crippen LogP contribution in [0.25, 0.3) is 33.3 Å². The SMILES string of the molecule is Cc1nc2ccc(Oc3ccc4ncc(-c5cnn(CC6(O)CC6)c5)nc4c3N3CCOCC3)cc2[nH]1. The molecule has 0 radical (unpaired) electrons. The number of aromatic amines is 1. The zero-order valence-corrected chi connectivity index (χ0v) is 20.5. The minimum absolute atomic E-state index is 0.491. The molecule has 5 aromatic rings. The van der Waals surface area contributed by atoms with Gasteiger partial charge in [0.1, 0.15) is 22.8 Å². The molecular formula is C27H27N7O3. The molecule has 1 saturated heterocycles. The molecule has 2 aromatic carbocycles. The van der Waals surface area contributed by atoms with Gasteiger partial charge in [0, 0.05) is 30.9 Å². The molecule has 4 heterocycles. The smallest absolute Gasteiger partial charge is 0.153 e. The lowest BCUT2D eigenvalue weighted by molar-refractivity contribution is 0.122. The molecule has 0 bridgehead atoms. The summed E-state index contributed by atoms with van der Waals surface area (Å²) in [6, 6.07) is 9.75. The number of morpholine rings is 1. The van der Waals surface area contributed by atoms with Gasteiger partial charge < -0.3 is 24.5 Å². The first-order chi connectivity index (χ1) is 18.0. The maximum absolute atomic E-state index is 10.3. The number of ether oxygens (including phenoxy) is 2. The monoisotopic (exact) mass is 497 g/mol. The number of anilines is 1.